The third-order valence-electron chi connectivity index (χ3n) is 5.44. The molecule has 3 aromatic rings. The van der Waals surface area contributed by atoms with Crippen molar-refractivity contribution in [2.45, 2.75) is 32.7 Å². The summed E-state index contributed by atoms with van der Waals surface area (Å²) < 4.78 is 6.83. The van der Waals surface area contributed by atoms with Crippen LogP contribution in [0.5, 0.6) is 0 Å². The first kappa shape index (κ1) is 20.8. The fraction of sp³-hybridized carbons (Fsp3) is 0.409. The minimum absolute atomic E-state index is 0.0121. The van der Waals surface area contributed by atoms with Crippen LogP contribution in [0.25, 0.3) is 0 Å². The Morgan fingerprint density at radius 3 is 2.74 bits per heavy atom. The molecule has 9 heteroatoms. The molecule has 1 atom stereocenters. The van der Waals surface area contributed by atoms with E-state index in [0.29, 0.717) is 31.2 Å². The SMILES string of the molecule is Cc1cn(CCNC(=O)Cc2ccc(CC3CCN(C(=O)c4cnco4)C3)cc2)nn1. The molecule has 1 N–H and O–H groups in total. The zero-order valence-electron chi connectivity index (χ0n) is 17.5. The summed E-state index contributed by atoms with van der Waals surface area (Å²) in [6, 6.07) is 8.15. The summed E-state index contributed by atoms with van der Waals surface area (Å²) in [5.74, 6) is 0.600. The van der Waals surface area contributed by atoms with Gasteiger partial charge in [0.15, 0.2) is 6.39 Å². The highest BCUT2D eigenvalue weighted by molar-refractivity contribution is 5.91. The quantitative estimate of drug-likeness (QED) is 0.592. The molecule has 2 amide bonds. The van der Waals surface area contributed by atoms with Gasteiger partial charge < -0.3 is 14.6 Å². The summed E-state index contributed by atoms with van der Waals surface area (Å²) in [6.45, 7) is 4.45. The van der Waals surface area contributed by atoms with Crippen LogP contribution >= 0.6 is 0 Å². The maximum absolute atomic E-state index is 12.4. The van der Waals surface area contributed by atoms with E-state index < -0.39 is 0 Å². The maximum Gasteiger partial charge on any atom is 0.291 e. The summed E-state index contributed by atoms with van der Waals surface area (Å²) in [6.07, 6.45) is 6.80. The topological polar surface area (TPSA) is 106 Å². The Kier molecular flexibility index (Phi) is 6.40. The van der Waals surface area contributed by atoms with Crippen LogP contribution in [0.2, 0.25) is 0 Å². The second-order valence-electron chi connectivity index (χ2n) is 7.94. The standard InChI is InChI=1S/C22H26N6O3/c1-16-13-28(26-25-16)9-7-24-21(29)11-18-4-2-17(3-5-18)10-19-6-8-27(14-19)22(30)20-12-23-15-31-20/h2-5,12-13,15,19H,6-11,14H2,1H3,(H,24,29). The van der Waals surface area contributed by atoms with Crippen LogP contribution < -0.4 is 5.32 Å². The van der Waals surface area contributed by atoms with E-state index in [9.17, 15) is 9.59 Å². The third kappa shape index (κ3) is 5.56. The summed E-state index contributed by atoms with van der Waals surface area (Å²) in [5.41, 5.74) is 3.05. The van der Waals surface area contributed by atoms with Gasteiger partial charge in [-0.05, 0) is 36.8 Å². The van der Waals surface area contributed by atoms with E-state index in [4.69, 9.17) is 4.42 Å². The molecule has 1 saturated heterocycles. The lowest BCUT2D eigenvalue weighted by Crippen LogP contribution is -2.28. The fourth-order valence-electron chi connectivity index (χ4n) is 3.85. The molecule has 31 heavy (non-hydrogen) atoms. The van der Waals surface area contributed by atoms with Crippen molar-refractivity contribution in [3.63, 3.8) is 0 Å². The van der Waals surface area contributed by atoms with Gasteiger partial charge in [0.1, 0.15) is 0 Å². The van der Waals surface area contributed by atoms with Gasteiger partial charge in [0.2, 0.25) is 11.7 Å². The van der Waals surface area contributed by atoms with E-state index in [2.05, 4.69) is 32.7 Å². The van der Waals surface area contributed by atoms with Gasteiger partial charge >= 0.3 is 0 Å². The molecule has 3 heterocycles. The second kappa shape index (κ2) is 9.55. The van der Waals surface area contributed by atoms with Crippen molar-refractivity contribution in [2.75, 3.05) is 19.6 Å². The van der Waals surface area contributed by atoms with Crippen LogP contribution in [-0.2, 0) is 24.2 Å². The summed E-state index contributed by atoms with van der Waals surface area (Å²) in [4.78, 5) is 30.2. The van der Waals surface area contributed by atoms with Gasteiger partial charge in [0.05, 0.1) is 24.9 Å². The molecule has 1 aliphatic heterocycles. The number of carbonyl (C=O) groups is 2. The van der Waals surface area contributed by atoms with E-state index in [1.807, 2.05) is 30.2 Å². The highest BCUT2D eigenvalue weighted by atomic mass is 16.3. The van der Waals surface area contributed by atoms with Gasteiger partial charge in [-0.25, -0.2) is 4.98 Å². The van der Waals surface area contributed by atoms with Gasteiger partial charge in [0, 0.05) is 25.8 Å². The molecule has 0 spiro atoms. The first-order chi connectivity index (χ1) is 15.1. The Labute approximate surface area is 180 Å². The van der Waals surface area contributed by atoms with Crippen LogP contribution in [0.1, 0.15) is 33.8 Å². The van der Waals surface area contributed by atoms with Gasteiger partial charge in [-0.2, -0.15) is 0 Å². The van der Waals surface area contributed by atoms with Gasteiger partial charge in [-0.1, -0.05) is 29.5 Å². The van der Waals surface area contributed by atoms with Crippen molar-refractivity contribution in [1.82, 2.24) is 30.2 Å². The smallest absolute Gasteiger partial charge is 0.291 e. The summed E-state index contributed by atoms with van der Waals surface area (Å²) in [7, 11) is 0. The van der Waals surface area contributed by atoms with Crippen molar-refractivity contribution in [2.24, 2.45) is 5.92 Å². The number of aryl methyl sites for hydroxylation is 1. The van der Waals surface area contributed by atoms with Crippen LogP contribution in [0.15, 0.2) is 47.5 Å². The van der Waals surface area contributed by atoms with Crippen molar-refractivity contribution in [3.8, 4) is 0 Å². The molecule has 162 valence electrons. The predicted molar refractivity (Wildman–Crippen MR) is 112 cm³/mol. The highest BCUT2D eigenvalue weighted by Gasteiger charge is 2.28. The fourth-order valence-corrected chi connectivity index (χ4v) is 3.85. The average Bonchev–Trinajstić information content (AvgIpc) is 3.52. The second-order valence-corrected chi connectivity index (χ2v) is 7.94. The van der Waals surface area contributed by atoms with Gasteiger partial charge in [0.25, 0.3) is 5.91 Å². The minimum atomic E-state index is -0.0969. The summed E-state index contributed by atoms with van der Waals surface area (Å²) >= 11 is 0. The number of aromatic nitrogens is 4. The lowest BCUT2D eigenvalue weighted by Gasteiger charge is -2.15. The number of amides is 2. The van der Waals surface area contributed by atoms with Crippen molar-refractivity contribution >= 4 is 11.8 Å². The molecule has 1 unspecified atom stereocenters. The lowest BCUT2D eigenvalue weighted by molar-refractivity contribution is -0.120. The molecule has 1 fully saturated rings. The number of nitrogens with one attached hydrogen (secondary N) is 1. The van der Waals surface area contributed by atoms with Crippen LogP contribution in [0.4, 0.5) is 0 Å². The number of benzene rings is 1. The Morgan fingerprint density at radius 1 is 1.23 bits per heavy atom. The number of rotatable bonds is 8. The van der Waals surface area contributed by atoms with Crippen molar-refractivity contribution < 1.29 is 14.0 Å². The Morgan fingerprint density at radius 2 is 2.03 bits per heavy atom. The molecular formula is C22H26N6O3. The highest BCUT2D eigenvalue weighted by Crippen LogP contribution is 2.22. The lowest BCUT2D eigenvalue weighted by atomic mass is 9.97. The molecule has 0 bridgehead atoms. The first-order valence-corrected chi connectivity index (χ1v) is 10.5. The largest absolute Gasteiger partial charge is 0.438 e. The monoisotopic (exact) mass is 422 g/mol. The number of hydrogen-bond donors (Lipinski definition) is 1. The molecule has 1 aromatic carbocycles. The van der Waals surface area contributed by atoms with E-state index in [-0.39, 0.29) is 11.8 Å². The Bertz CT molecular complexity index is 1010. The van der Waals surface area contributed by atoms with Crippen LogP contribution in [0.3, 0.4) is 0 Å². The Balaban J connectivity index is 1.20. The summed E-state index contributed by atoms with van der Waals surface area (Å²) in [5, 5.41) is 10.8. The number of hydrogen-bond acceptors (Lipinski definition) is 6. The van der Waals surface area contributed by atoms with Gasteiger partial charge in [-0.3, -0.25) is 14.3 Å². The molecule has 4 rings (SSSR count). The molecule has 0 saturated carbocycles. The number of oxazole rings is 1. The normalized spacial score (nSPS) is 15.9. The molecule has 1 aliphatic rings. The number of likely N-dealkylation sites (tertiary alicyclic amines) is 1. The number of nitrogens with zero attached hydrogens (tertiary/aromatic N) is 5. The van der Waals surface area contributed by atoms with Crippen molar-refractivity contribution in [1.29, 1.82) is 0 Å². The molecular weight excluding hydrogens is 396 g/mol. The zero-order chi connectivity index (χ0) is 21.6. The zero-order valence-corrected chi connectivity index (χ0v) is 17.5. The average molecular weight is 422 g/mol. The Hall–Kier alpha value is -3.49. The molecule has 0 radical (unpaired) electrons. The third-order valence-corrected chi connectivity index (χ3v) is 5.44. The van der Waals surface area contributed by atoms with E-state index in [0.717, 1.165) is 37.2 Å². The minimum Gasteiger partial charge on any atom is -0.438 e. The molecule has 0 aliphatic carbocycles. The van der Waals surface area contributed by atoms with E-state index in [1.165, 1.54) is 18.2 Å². The van der Waals surface area contributed by atoms with Crippen LogP contribution in [-0.4, -0.2) is 56.3 Å². The van der Waals surface area contributed by atoms with E-state index >= 15 is 0 Å². The van der Waals surface area contributed by atoms with E-state index in [1.54, 1.807) is 4.68 Å². The maximum atomic E-state index is 12.4. The van der Waals surface area contributed by atoms with Crippen LogP contribution in [0, 0.1) is 12.8 Å². The first-order valence-electron chi connectivity index (χ1n) is 10.5. The predicted octanol–water partition coefficient (Wildman–Crippen LogP) is 1.64. The molecule has 2 aromatic heterocycles. The molecule has 9 nitrogen and oxygen atoms in total. The van der Waals surface area contributed by atoms with Gasteiger partial charge in [-0.15, -0.1) is 5.10 Å². The number of carbonyl (C=O) groups excluding carboxylic acids is 2. The van der Waals surface area contributed by atoms with Crippen molar-refractivity contribution in [3.05, 3.63) is 65.6 Å².